The van der Waals surface area contributed by atoms with Crippen molar-refractivity contribution in [2.75, 3.05) is 19.0 Å². The number of ether oxygens (including phenoxy) is 1. The van der Waals surface area contributed by atoms with E-state index in [-0.39, 0.29) is 28.5 Å². The summed E-state index contributed by atoms with van der Waals surface area (Å²) >= 11 is 6.02. The van der Waals surface area contributed by atoms with E-state index >= 15 is 0 Å². The Bertz CT molecular complexity index is 793. The number of carbonyl (C=O) groups is 1. The summed E-state index contributed by atoms with van der Waals surface area (Å²) in [7, 11) is 1.16. The molecule has 0 saturated carbocycles. The number of anilines is 1. The van der Waals surface area contributed by atoms with Gasteiger partial charge in [-0.05, 0) is 18.6 Å². The highest BCUT2D eigenvalue weighted by Crippen LogP contribution is 2.32. The topological polar surface area (TPSA) is 102 Å². The Balaban J connectivity index is 2.31. The number of benzene rings is 2. The molecule has 1 unspecified atom stereocenters. The highest BCUT2D eigenvalue weighted by molar-refractivity contribution is 6.34. The Labute approximate surface area is 149 Å². The molecule has 2 N–H and O–H groups in total. The largest absolute Gasteiger partial charge is 0.465 e. The average molecular weight is 365 g/mol. The molecule has 7 nitrogen and oxygen atoms in total. The fourth-order valence-corrected chi connectivity index (χ4v) is 2.53. The molecule has 0 aliphatic rings. The van der Waals surface area contributed by atoms with E-state index < -0.39 is 16.5 Å². The van der Waals surface area contributed by atoms with Gasteiger partial charge < -0.3 is 15.2 Å². The van der Waals surface area contributed by atoms with Crippen LogP contribution in [0.4, 0.5) is 11.4 Å². The van der Waals surface area contributed by atoms with Crippen molar-refractivity contribution in [3.05, 3.63) is 68.7 Å². The quantitative estimate of drug-likeness (QED) is 0.463. The van der Waals surface area contributed by atoms with Crippen LogP contribution < -0.4 is 5.32 Å². The number of halogens is 1. The summed E-state index contributed by atoms with van der Waals surface area (Å²) in [6.07, 6.45) is 0. The SMILES string of the molecule is COC(=O)c1cc([N+](=O)[O-])c(NCC(C)(O)c2ccccc2)cc1Cl. The molecule has 0 radical (unpaired) electrons. The predicted molar refractivity (Wildman–Crippen MR) is 93.9 cm³/mol. The molecule has 0 heterocycles. The van der Waals surface area contributed by atoms with Crippen molar-refractivity contribution >= 4 is 28.9 Å². The number of methoxy groups -OCH3 is 1. The van der Waals surface area contributed by atoms with E-state index in [0.717, 1.165) is 13.2 Å². The third-order valence-electron chi connectivity index (χ3n) is 3.71. The lowest BCUT2D eigenvalue weighted by Gasteiger charge is -2.25. The molecule has 0 fully saturated rings. The van der Waals surface area contributed by atoms with Crippen LogP contribution >= 0.6 is 11.6 Å². The smallest absolute Gasteiger partial charge is 0.339 e. The number of aliphatic hydroxyl groups is 1. The molecular formula is C17H17ClN2O5. The van der Waals surface area contributed by atoms with E-state index in [1.807, 2.05) is 6.07 Å². The molecule has 0 aliphatic carbocycles. The fourth-order valence-electron chi connectivity index (χ4n) is 2.29. The van der Waals surface area contributed by atoms with Gasteiger partial charge in [-0.2, -0.15) is 0 Å². The maximum absolute atomic E-state index is 11.6. The van der Waals surface area contributed by atoms with Crippen LogP contribution in [0.15, 0.2) is 42.5 Å². The number of nitrogens with zero attached hydrogens (tertiary/aromatic N) is 1. The summed E-state index contributed by atoms with van der Waals surface area (Å²) in [6.45, 7) is 1.59. The molecular weight excluding hydrogens is 348 g/mol. The molecule has 0 aliphatic heterocycles. The molecule has 0 saturated heterocycles. The Kier molecular flexibility index (Phi) is 5.61. The van der Waals surface area contributed by atoms with Crippen molar-refractivity contribution < 1.29 is 19.6 Å². The van der Waals surface area contributed by atoms with Gasteiger partial charge in [0.2, 0.25) is 0 Å². The van der Waals surface area contributed by atoms with Gasteiger partial charge in [-0.15, -0.1) is 0 Å². The van der Waals surface area contributed by atoms with E-state index in [2.05, 4.69) is 10.1 Å². The van der Waals surface area contributed by atoms with Gasteiger partial charge in [-0.1, -0.05) is 41.9 Å². The van der Waals surface area contributed by atoms with Crippen molar-refractivity contribution in [2.45, 2.75) is 12.5 Å². The lowest BCUT2D eigenvalue weighted by Crippen LogP contribution is -2.30. The first kappa shape index (κ1) is 18.7. The first-order valence-electron chi connectivity index (χ1n) is 7.34. The normalized spacial score (nSPS) is 13.0. The number of esters is 1. The van der Waals surface area contributed by atoms with Gasteiger partial charge in [0.15, 0.2) is 0 Å². The third-order valence-corrected chi connectivity index (χ3v) is 4.02. The van der Waals surface area contributed by atoms with Gasteiger partial charge in [-0.3, -0.25) is 10.1 Å². The highest BCUT2D eigenvalue weighted by atomic mass is 35.5. The summed E-state index contributed by atoms with van der Waals surface area (Å²) in [6, 6.07) is 11.2. The Morgan fingerprint density at radius 3 is 2.56 bits per heavy atom. The Morgan fingerprint density at radius 2 is 2.00 bits per heavy atom. The lowest BCUT2D eigenvalue weighted by atomic mass is 9.96. The van der Waals surface area contributed by atoms with Crippen molar-refractivity contribution in [2.24, 2.45) is 0 Å². The van der Waals surface area contributed by atoms with E-state index in [9.17, 15) is 20.0 Å². The van der Waals surface area contributed by atoms with Crippen LogP contribution in [0.25, 0.3) is 0 Å². The van der Waals surface area contributed by atoms with Crippen molar-refractivity contribution in [3.63, 3.8) is 0 Å². The Hall–Kier alpha value is -2.64. The summed E-state index contributed by atoms with van der Waals surface area (Å²) in [5, 5.41) is 24.7. The van der Waals surface area contributed by atoms with Crippen LogP contribution in [-0.2, 0) is 10.3 Å². The fraction of sp³-hybridized carbons (Fsp3) is 0.235. The van der Waals surface area contributed by atoms with Crippen LogP contribution in [0.1, 0.15) is 22.8 Å². The first-order chi connectivity index (χ1) is 11.8. The summed E-state index contributed by atoms with van der Waals surface area (Å²) in [4.78, 5) is 22.3. The van der Waals surface area contributed by atoms with Crippen LogP contribution in [0.2, 0.25) is 5.02 Å². The zero-order valence-electron chi connectivity index (χ0n) is 13.7. The molecule has 1 atom stereocenters. The van der Waals surface area contributed by atoms with Crippen LogP contribution in [0.3, 0.4) is 0 Å². The van der Waals surface area contributed by atoms with Gasteiger partial charge in [0.25, 0.3) is 5.69 Å². The number of nitro groups is 1. The Morgan fingerprint density at radius 1 is 1.36 bits per heavy atom. The maximum Gasteiger partial charge on any atom is 0.339 e. The monoisotopic (exact) mass is 364 g/mol. The number of nitro benzene ring substituents is 1. The standard InChI is InChI=1S/C17H17ClN2O5/c1-17(22,11-6-4-3-5-7-11)10-19-14-9-13(18)12(16(21)25-2)8-15(14)20(23)24/h3-9,19,22H,10H2,1-2H3. The van der Waals surface area contributed by atoms with Gasteiger partial charge in [0.1, 0.15) is 11.3 Å². The predicted octanol–water partition coefficient (Wildman–Crippen LogP) is 3.35. The number of hydrogen-bond acceptors (Lipinski definition) is 6. The van der Waals surface area contributed by atoms with Gasteiger partial charge in [-0.25, -0.2) is 4.79 Å². The van der Waals surface area contributed by atoms with E-state index in [0.29, 0.717) is 5.56 Å². The number of carbonyl (C=O) groups excluding carboxylic acids is 1. The van der Waals surface area contributed by atoms with Gasteiger partial charge >= 0.3 is 5.97 Å². The first-order valence-corrected chi connectivity index (χ1v) is 7.72. The average Bonchev–Trinajstić information content (AvgIpc) is 2.60. The molecule has 0 amide bonds. The number of rotatable bonds is 6. The van der Waals surface area contributed by atoms with Crippen LogP contribution in [-0.4, -0.2) is 29.7 Å². The molecule has 25 heavy (non-hydrogen) atoms. The maximum atomic E-state index is 11.6. The molecule has 0 spiro atoms. The van der Waals surface area contributed by atoms with Gasteiger partial charge in [0.05, 0.1) is 22.6 Å². The molecule has 2 aromatic rings. The lowest BCUT2D eigenvalue weighted by molar-refractivity contribution is -0.384. The minimum absolute atomic E-state index is 0.00571. The van der Waals surface area contributed by atoms with E-state index in [4.69, 9.17) is 11.6 Å². The molecule has 8 heteroatoms. The van der Waals surface area contributed by atoms with Gasteiger partial charge in [0, 0.05) is 12.6 Å². The van der Waals surface area contributed by atoms with Crippen LogP contribution in [0.5, 0.6) is 0 Å². The van der Waals surface area contributed by atoms with Crippen molar-refractivity contribution in [3.8, 4) is 0 Å². The second kappa shape index (κ2) is 7.50. The molecule has 0 aromatic heterocycles. The zero-order chi connectivity index (χ0) is 18.6. The van der Waals surface area contributed by atoms with E-state index in [1.54, 1.807) is 31.2 Å². The van der Waals surface area contributed by atoms with Crippen molar-refractivity contribution in [1.82, 2.24) is 0 Å². The minimum atomic E-state index is -1.26. The summed E-state index contributed by atoms with van der Waals surface area (Å²) < 4.78 is 4.56. The summed E-state index contributed by atoms with van der Waals surface area (Å²) in [5.41, 5.74) is -0.950. The van der Waals surface area contributed by atoms with E-state index in [1.165, 1.54) is 6.07 Å². The molecule has 132 valence electrons. The third kappa shape index (κ3) is 4.26. The van der Waals surface area contributed by atoms with Crippen molar-refractivity contribution in [1.29, 1.82) is 0 Å². The molecule has 0 bridgehead atoms. The number of nitrogens with one attached hydrogen (secondary N) is 1. The second-order valence-electron chi connectivity index (χ2n) is 5.59. The zero-order valence-corrected chi connectivity index (χ0v) is 14.4. The molecule has 2 aromatic carbocycles. The van der Waals surface area contributed by atoms with Crippen LogP contribution in [0, 0.1) is 10.1 Å². The summed E-state index contributed by atoms with van der Waals surface area (Å²) in [5.74, 6) is -0.768. The number of hydrogen-bond donors (Lipinski definition) is 2. The minimum Gasteiger partial charge on any atom is -0.465 e. The molecule has 2 rings (SSSR count). The second-order valence-corrected chi connectivity index (χ2v) is 6.00. The highest BCUT2D eigenvalue weighted by Gasteiger charge is 2.26.